The molecule has 0 spiro atoms. The summed E-state index contributed by atoms with van der Waals surface area (Å²) in [6.07, 6.45) is -1.06. The Kier molecular flexibility index (Phi) is 11.6. The van der Waals surface area contributed by atoms with Gasteiger partial charge in [-0.3, -0.25) is 19.2 Å². The highest BCUT2D eigenvalue weighted by molar-refractivity contribution is 7.09. The molecule has 0 radical (unpaired) electrons. The number of Topliss-reactive ketones (excluding diaryl/α,β-unsaturated/α-hetero) is 1. The van der Waals surface area contributed by atoms with Crippen molar-refractivity contribution in [3.8, 4) is 11.5 Å². The number of nitrogens with zero attached hydrogens (tertiary/aromatic N) is 4. The molecule has 8 rings (SSSR count). The fourth-order valence-corrected chi connectivity index (χ4v) is 8.47. The van der Waals surface area contributed by atoms with Gasteiger partial charge in [0.05, 0.1) is 24.0 Å². The highest BCUT2D eigenvalue weighted by atomic mass is 32.1. The third kappa shape index (κ3) is 8.62. The molecule has 3 aromatic carbocycles. The van der Waals surface area contributed by atoms with Crippen molar-refractivity contribution < 1.29 is 62.1 Å². The Morgan fingerprint density at radius 1 is 0.848 bits per heavy atom. The number of aromatic nitrogens is 1. The number of fused-ring (bicyclic) bond motifs is 2. The number of rotatable bonds is 12. The molecule has 0 N–H and O–H groups in total. The molecule has 4 aromatic rings. The predicted octanol–water partition coefficient (Wildman–Crippen LogP) is 6.32. The van der Waals surface area contributed by atoms with E-state index in [1.54, 1.807) is 66.0 Å². The van der Waals surface area contributed by atoms with Gasteiger partial charge < -0.3 is 33.4 Å². The van der Waals surface area contributed by atoms with E-state index in [4.69, 9.17) is 33.4 Å². The second-order valence-corrected chi connectivity index (χ2v) is 20.0. The van der Waals surface area contributed by atoms with Crippen molar-refractivity contribution in [2.75, 3.05) is 6.61 Å². The van der Waals surface area contributed by atoms with Crippen LogP contribution in [0.2, 0.25) is 0 Å². The van der Waals surface area contributed by atoms with Gasteiger partial charge in [0.15, 0.2) is 23.0 Å². The van der Waals surface area contributed by atoms with Gasteiger partial charge in [0.25, 0.3) is 11.8 Å². The van der Waals surface area contributed by atoms with Crippen LogP contribution in [0.4, 0.5) is 0 Å². The molecule has 66 heavy (non-hydrogen) atoms. The Balaban J connectivity index is 1.03. The van der Waals surface area contributed by atoms with Gasteiger partial charge in [-0.1, -0.05) is 65.8 Å². The van der Waals surface area contributed by atoms with E-state index in [-0.39, 0.29) is 23.5 Å². The molecule has 0 saturated carbocycles. The molecule has 2 amide bonds. The normalized spacial score (nSPS) is 21.5. The third-order valence-electron chi connectivity index (χ3n) is 11.0. The van der Waals surface area contributed by atoms with Gasteiger partial charge in [-0.15, -0.1) is 11.3 Å². The van der Waals surface area contributed by atoms with Crippen molar-refractivity contribution in [2.24, 2.45) is 11.1 Å². The summed E-state index contributed by atoms with van der Waals surface area (Å²) in [4.78, 5) is 101. The number of carbonyl (C=O) groups excluding carboxylic acids is 6. The molecule has 5 heterocycles. The van der Waals surface area contributed by atoms with Gasteiger partial charge in [0.1, 0.15) is 22.9 Å². The lowest BCUT2D eigenvalue weighted by Crippen LogP contribution is -2.57. The van der Waals surface area contributed by atoms with Gasteiger partial charge >= 0.3 is 29.4 Å². The molecule has 17 nitrogen and oxygen atoms in total. The number of benzene rings is 3. The van der Waals surface area contributed by atoms with Crippen molar-refractivity contribution in [3.63, 3.8) is 0 Å². The highest BCUT2D eigenvalue weighted by Gasteiger charge is 2.65. The summed E-state index contributed by atoms with van der Waals surface area (Å²) in [5, 5.41) is 6.90. The Morgan fingerprint density at radius 3 is 2.03 bits per heavy atom. The van der Waals surface area contributed by atoms with Crippen LogP contribution in [-0.4, -0.2) is 91.3 Å². The van der Waals surface area contributed by atoms with Crippen molar-refractivity contribution in [3.05, 3.63) is 111 Å². The summed E-state index contributed by atoms with van der Waals surface area (Å²) in [7, 11) is 0. The minimum absolute atomic E-state index is 0.0738. The minimum Gasteiger partial charge on any atom is -0.457 e. The molecule has 2 fully saturated rings. The molecule has 2 saturated heterocycles. The lowest BCUT2D eigenvalue weighted by atomic mass is 9.97. The van der Waals surface area contributed by atoms with Crippen LogP contribution >= 0.6 is 11.3 Å². The third-order valence-corrected chi connectivity index (χ3v) is 11.8. The van der Waals surface area contributed by atoms with Crippen LogP contribution in [-0.2, 0) is 60.2 Å². The van der Waals surface area contributed by atoms with Crippen LogP contribution in [0.3, 0.4) is 0 Å². The molecule has 1 unspecified atom stereocenters. The first-order valence-electron chi connectivity index (χ1n) is 21.4. The van der Waals surface area contributed by atoms with Crippen LogP contribution in [0.15, 0.2) is 83.3 Å². The number of thiazole rings is 1. The largest absolute Gasteiger partial charge is 0.457 e. The van der Waals surface area contributed by atoms with Crippen molar-refractivity contribution >= 4 is 52.6 Å². The number of hydroxylamine groups is 2. The average Bonchev–Trinajstić information content (AvgIpc) is 4.07. The number of cyclic esters (lactones) is 1. The average molecular weight is 923 g/mol. The topological polar surface area (TPSA) is 199 Å². The Labute approximate surface area is 384 Å². The zero-order chi connectivity index (χ0) is 47.6. The summed E-state index contributed by atoms with van der Waals surface area (Å²) in [6.45, 7) is 14.0. The quantitative estimate of drug-likeness (QED) is 0.0662. The fraction of sp³-hybridized carbons (Fsp3) is 0.417. The maximum absolute atomic E-state index is 14.4. The number of esters is 3. The Morgan fingerprint density at radius 2 is 1.45 bits per heavy atom. The maximum Gasteiger partial charge on any atom is 0.375 e. The molecule has 4 aliphatic heterocycles. The van der Waals surface area contributed by atoms with E-state index >= 15 is 0 Å². The van der Waals surface area contributed by atoms with Gasteiger partial charge in [0, 0.05) is 35.0 Å². The van der Waals surface area contributed by atoms with Gasteiger partial charge in [-0.2, -0.15) is 5.06 Å². The molecular formula is C48H50N4O13S. The summed E-state index contributed by atoms with van der Waals surface area (Å²) in [6, 6.07) is 20.7. The van der Waals surface area contributed by atoms with Crippen molar-refractivity contribution in [1.29, 1.82) is 0 Å². The lowest BCUT2D eigenvalue weighted by Gasteiger charge is -2.35. The number of hydrogen-bond acceptors (Lipinski definition) is 16. The van der Waals surface area contributed by atoms with Crippen molar-refractivity contribution in [2.45, 2.75) is 116 Å². The van der Waals surface area contributed by atoms with Crippen LogP contribution in [0.1, 0.15) is 106 Å². The van der Waals surface area contributed by atoms with Crippen molar-refractivity contribution in [1.82, 2.24) is 14.9 Å². The molecular weight excluding hydrogens is 873 g/mol. The number of carbonyl (C=O) groups is 6. The second-order valence-electron chi connectivity index (χ2n) is 18.9. The van der Waals surface area contributed by atoms with E-state index in [1.807, 2.05) is 60.7 Å². The first-order valence-corrected chi connectivity index (χ1v) is 22.2. The molecule has 3 atom stereocenters. The number of ketones is 1. The predicted molar refractivity (Wildman–Crippen MR) is 235 cm³/mol. The van der Waals surface area contributed by atoms with E-state index in [1.165, 1.54) is 30.1 Å². The number of amides is 2. The molecule has 1 aromatic heterocycles. The zero-order valence-electron chi connectivity index (χ0n) is 38.0. The SMILES string of the molecule is Cc1nc(/C(=N/OC(C)(C)C(=O)OC(C)(C)C)C(=O)C[C@H]2CON(C3(C(=O)OC(C)(C)C)C[C@H](N4Cc5cc6c(cc5C4=O)OC(c4ccccc4)(c4ccccc4)O6)C(=O)O3)C2=O)cs1. The fourth-order valence-electron chi connectivity index (χ4n) is 7.88. The minimum atomic E-state index is -2.48. The van der Waals surface area contributed by atoms with Gasteiger partial charge in [-0.25, -0.2) is 19.4 Å². The van der Waals surface area contributed by atoms with Gasteiger partial charge in [0.2, 0.25) is 5.60 Å². The number of oxime groups is 1. The lowest BCUT2D eigenvalue weighted by molar-refractivity contribution is -0.263. The molecule has 18 heteroatoms. The van der Waals surface area contributed by atoms with E-state index in [2.05, 4.69) is 10.1 Å². The monoisotopic (exact) mass is 922 g/mol. The molecule has 0 aliphatic carbocycles. The summed E-state index contributed by atoms with van der Waals surface area (Å²) in [5.74, 6) is -6.80. The van der Waals surface area contributed by atoms with E-state index in [0.29, 0.717) is 27.1 Å². The first-order chi connectivity index (χ1) is 31.0. The molecule has 4 aliphatic rings. The van der Waals surface area contributed by atoms with Crippen LogP contribution in [0.5, 0.6) is 11.5 Å². The van der Waals surface area contributed by atoms with Crippen LogP contribution < -0.4 is 9.47 Å². The maximum atomic E-state index is 14.4. The molecule has 346 valence electrons. The van der Waals surface area contributed by atoms with E-state index in [0.717, 1.165) is 11.1 Å². The van der Waals surface area contributed by atoms with Crippen LogP contribution in [0, 0.1) is 12.8 Å². The standard InChI is InChI=1S/C48H50N4O13S/c1-27-49-33(26-66-27)38(50-65-46(8,9)42(57)63-44(2,3)4)35(53)20-29-25-59-52(39(29)54)47(43(58)64-45(5,6)7)23-34(41(56)62-47)51-24-28-21-36-37(22-32(28)40(51)55)61-48(60-36,30-16-12-10-13-17-30)31-18-14-11-15-19-31/h10-19,21-22,26,29,34H,20,23-25H2,1-9H3/b50-38-/t29-,34-,47?/m0/s1. The number of hydrogen-bond donors (Lipinski definition) is 0. The number of ether oxygens (including phenoxy) is 5. The van der Waals surface area contributed by atoms with E-state index < -0.39 is 95.2 Å². The zero-order valence-corrected chi connectivity index (χ0v) is 38.8. The summed E-state index contributed by atoms with van der Waals surface area (Å²) >= 11 is 1.24. The van der Waals surface area contributed by atoms with Gasteiger partial charge in [-0.05, 0) is 80.0 Å². The highest BCUT2D eigenvalue weighted by Crippen LogP contribution is 2.50. The molecule has 0 bridgehead atoms. The smallest absolute Gasteiger partial charge is 0.375 e. The summed E-state index contributed by atoms with van der Waals surface area (Å²) < 4.78 is 30.2. The van der Waals surface area contributed by atoms with E-state index in [9.17, 15) is 28.8 Å². The Hall–Kier alpha value is -6.66. The first kappa shape index (κ1) is 45.9. The number of aryl methyl sites for hydroxylation is 1. The Bertz CT molecular complexity index is 2610. The summed E-state index contributed by atoms with van der Waals surface area (Å²) in [5.41, 5.74) is -3.93. The van der Waals surface area contributed by atoms with Crippen LogP contribution in [0.25, 0.3) is 0 Å². The second kappa shape index (κ2) is 16.6.